The Morgan fingerprint density at radius 3 is 2.47 bits per heavy atom. The van der Waals surface area contributed by atoms with Gasteiger partial charge in [-0.15, -0.1) is 6.58 Å². The molecule has 0 heterocycles. The van der Waals surface area contributed by atoms with Crippen molar-refractivity contribution in [2.75, 3.05) is 0 Å². The topological polar surface area (TPSA) is 0 Å². The molecule has 0 nitrogen and oxygen atoms in total. The van der Waals surface area contributed by atoms with Crippen molar-refractivity contribution in [2.24, 2.45) is 5.92 Å². The normalized spacial score (nSPS) is 17.8. The minimum absolute atomic E-state index is 0.209. The van der Waals surface area contributed by atoms with Gasteiger partial charge in [0, 0.05) is 10.9 Å². The summed E-state index contributed by atoms with van der Waals surface area (Å²) < 4.78 is 15.2. The fraction of sp³-hybridized carbons (Fsp3) is 0.394. The van der Waals surface area contributed by atoms with Crippen LogP contribution in [-0.2, 0) is 6.42 Å². The summed E-state index contributed by atoms with van der Waals surface area (Å²) in [5.74, 6) is 7.48. The van der Waals surface area contributed by atoms with Crippen molar-refractivity contribution < 1.29 is 4.39 Å². The molecule has 0 N–H and O–H groups in total. The summed E-state index contributed by atoms with van der Waals surface area (Å²) in [6, 6.07) is 18.4. The van der Waals surface area contributed by atoms with Crippen LogP contribution in [0.3, 0.4) is 0 Å². The number of hydrogen-bond donors (Lipinski definition) is 0. The van der Waals surface area contributed by atoms with Crippen LogP contribution in [0, 0.1) is 23.6 Å². The van der Waals surface area contributed by atoms with E-state index in [1.807, 2.05) is 36.4 Å². The molecule has 0 bridgehead atoms. The lowest BCUT2D eigenvalue weighted by Gasteiger charge is -2.29. The zero-order chi connectivity index (χ0) is 23.8. The zero-order valence-corrected chi connectivity index (χ0v) is 20.6. The molecular weight excluding hydrogens is 415 g/mol. The lowest BCUT2D eigenvalue weighted by Crippen LogP contribution is -2.13. The van der Waals surface area contributed by atoms with Crippen LogP contribution in [-0.4, -0.2) is 0 Å². The molecule has 0 radical (unpaired) electrons. The van der Waals surface area contributed by atoms with Crippen molar-refractivity contribution in [2.45, 2.75) is 77.0 Å². The van der Waals surface area contributed by atoms with E-state index in [4.69, 9.17) is 0 Å². The molecular formula is C33H37F. The first-order chi connectivity index (χ1) is 16.7. The standard InChI is InChI=1S/C33H37F/c1-3-5-7-9-26-14-17-28(18-15-26)30-22-23-32-31(24-30)21-20-29(33(32)34)19-16-27-12-10-25(11-13-27)8-6-4-2/h4,10-13,20-24,26,28H,2-3,5-9,14-15,17-18H2,1H3. The predicted molar refractivity (Wildman–Crippen MR) is 144 cm³/mol. The smallest absolute Gasteiger partial charge is 0.146 e. The first kappa shape index (κ1) is 24.3. The molecule has 1 heteroatoms. The van der Waals surface area contributed by atoms with E-state index in [0.29, 0.717) is 16.9 Å². The predicted octanol–water partition coefficient (Wildman–Crippen LogP) is 9.35. The molecule has 0 amide bonds. The van der Waals surface area contributed by atoms with Gasteiger partial charge in [-0.2, -0.15) is 0 Å². The Morgan fingerprint density at radius 1 is 0.941 bits per heavy atom. The lowest BCUT2D eigenvalue weighted by atomic mass is 9.77. The van der Waals surface area contributed by atoms with Gasteiger partial charge in [0.2, 0.25) is 0 Å². The quantitative estimate of drug-likeness (QED) is 0.181. The second-order valence-electron chi connectivity index (χ2n) is 9.90. The molecule has 1 fully saturated rings. The molecule has 34 heavy (non-hydrogen) atoms. The monoisotopic (exact) mass is 452 g/mol. The van der Waals surface area contributed by atoms with Gasteiger partial charge in [-0.1, -0.05) is 86.9 Å². The van der Waals surface area contributed by atoms with E-state index in [1.165, 1.54) is 62.5 Å². The fourth-order valence-corrected chi connectivity index (χ4v) is 5.29. The summed E-state index contributed by atoms with van der Waals surface area (Å²) in [6.45, 7) is 6.05. The molecule has 0 atom stereocenters. The lowest BCUT2D eigenvalue weighted by molar-refractivity contribution is 0.303. The van der Waals surface area contributed by atoms with E-state index in [-0.39, 0.29) is 5.82 Å². The third kappa shape index (κ3) is 6.18. The Labute approximate surface area is 205 Å². The van der Waals surface area contributed by atoms with Crippen LogP contribution in [0.15, 0.2) is 67.3 Å². The number of benzene rings is 3. The molecule has 4 rings (SSSR count). The van der Waals surface area contributed by atoms with Gasteiger partial charge in [0.1, 0.15) is 5.82 Å². The molecule has 1 saturated carbocycles. The van der Waals surface area contributed by atoms with Gasteiger partial charge in [-0.05, 0) is 85.1 Å². The molecule has 3 aromatic carbocycles. The molecule has 1 aliphatic carbocycles. The highest BCUT2D eigenvalue weighted by Crippen LogP contribution is 2.38. The fourth-order valence-electron chi connectivity index (χ4n) is 5.29. The van der Waals surface area contributed by atoms with Gasteiger partial charge in [-0.25, -0.2) is 4.39 Å². The van der Waals surface area contributed by atoms with Crippen LogP contribution >= 0.6 is 0 Å². The number of aryl methyl sites for hydroxylation is 1. The number of halogens is 1. The molecule has 0 aromatic heterocycles. The van der Waals surface area contributed by atoms with E-state index < -0.39 is 0 Å². The van der Waals surface area contributed by atoms with Gasteiger partial charge >= 0.3 is 0 Å². The molecule has 3 aromatic rings. The van der Waals surface area contributed by atoms with E-state index in [9.17, 15) is 0 Å². The molecule has 0 spiro atoms. The number of unbranched alkanes of at least 4 members (excludes halogenated alkanes) is 2. The van der Waals surface area contributed by atoms with Crippen LogP contribution in [0.4, 0.5) is 4.39 Å². The first-order valence-corrected chi connectivity index (χ1v) is 13.1. The first-order valence-electron chi connectivity index (χ1n) is 13.1. The number of rotatable bonds is 8. The second kappa shape index (κ2) is 12.0. The van der Waals surface area contributed by atoms with E-state index in [0.717, 1.165) is 29.7 Å². The minimum Gasteiger partial charge on any atom is -0.205 e. The van der Waals surface area contributed by atoms with Crippen molar-refractivity contribution in [1.29, 1.82) is 0 Å². The average molecular weight is 453 g/mol. The van der Waals surface area contributed by atoms with Gasteiger partial charge in [0.05, 0.1) is 5.56 Å². The SMILES string of the molecule is C=CCCc1ccc(C#Cc2ccc3cc(C4CCC(CCCCC)CC4)ccc3c2F)cc1. The molecule has 0 saturated heterocycles. The number of hydrogen-bond acceptors (Lipinski definition) is 0. The summed E-state index contributed by atoms with van der Waals surface area (Å²) in [5, 5.41) is 1.65. The van der Waals surface area contributed by atoms with Crippen LogP contribution in [0.5, 0.6) is 0 Å². The summed E-state index contributed by atoms with van der Waals surface area (Å²) in [4.78, 5) is 0. The largest absolute Gasteiger partial charge is 0.205 e. The Balaban J connectivity index is 1.43. The Bertz CT molecular complexity index is 1150. The highest BCUT2D eigenvalue weighted by molar-refractivity contribution is 5.85. The number of fused-ring (bicyclic) bond motifs is 1. The third-order valence-corrected chi connectivity index (χ3v) is 7.44. The average Bonchev–Trinajstić information content (AvgIpc) is 2.88. The van der Waals surface area contributed by atoms with Crippen molar-refractivity contribution in [3.8, 4) is 11.8 Å². The van der Waals surface area contributed by atoms with E-state index in [2.05, 4.69) is 49.6 Å². The van der Waals surface area contributed by atoms with Gasteiger partial charge in [0.15, 0.2) is 0 Å². The van der Waals surface area contributed by atoms with Crippen LogP contribution in [0.1, 0.15) is 92.9 Å². The van der Waals surface area contributed by atoms with Crippen LogP contribution in [0.25, 0.3) is 10.8 Å². The van der Waals surface area contributed by atoms with Crippen molar-refractivity contribution in [3.63, 3.8) is 0 Å². The second-order valence-corrected chi connectivity index (χ2v) is 9.90. The summed E-state index contributed by atoms with van der Waals surface area (Å²) in [7, 11) is 0. The van der Waals surface area contributed by atoms with Crippen molar-refractivity contribution >= 4 is 10.8 Å². The third-order valence-electron chi connectivity index (χ3n) is 7.44. The van der Waals surface area contributed by atoms with Crippen LogP contribution < -0.4 is 0 Å². The van der Waals surface area contributed by atoms with Crippen molar-refractivity contribution in [1.82, 2.24) is 0 Å². The molecule has 1 aliphatic rings. The Morgan fingerprint density at radius 2 is 1.74 bits per heavy atom. The maximum absolute atomic E-state index is 15.2. The van der Waals surface area contributed by atoms with Gasteiger partial charge < -0.3 is 0 Å². The Kier molecular flexibility index (Phi) is 8.59. The van der Waals surface area contributed by atoms with Crippen LogP contribution in [0.2, 0.25) is 0 Å². The summed E-state index contributed by atoms with van der Waals surface area (Å²) >= 11 is 0. The Hall–Kier alpha value is -2.85. The zero-order valence-electron chi connectivity index (χ0n) is 20.6. The van der Waals surface area contributed by atoms with Crippen molar-refractivity contribution in [3.05, 3.63) is 95.3 Å². The highest BCUT2D eigenvalue weighted by atomic mass is 19.1. The number of allylic oxidation sites excluding steroid dienone is 1. The summed E-state index contributed by atoms with van der Waals surface area (Å²) in [6.07, 6.45) is 14.5. The van der Waals surface area contributed by atoms with Gasteiger partial charge in [-0.3, -0.25) is 0 Å². The summed E-state index contributed by atoms with van der Waals surface area (Å²) in [5.41, 5.74) is 4.00. The maximum Gasteiger partial charge on any atom is 0.146 e. The highest BCUT2D eigenvalue weighted by Gasteiger charge is 2.22. The maximum atomic E-state index is 15.2. The van der Waals surface area contributed by atoms with E-state index in [1.54, 1.807) is 0 Å². The molecule has 0 aliphatic heterocycles. The molecule has 0 unspecified atom stereocenters. The minimum atomic E-state index is -0.209. The van der Waals surface area contributed by atoms with E-state index >= 15 is 4.39 Å². The van der Waals surface area contributed by atoms with Gasteiger partial charge in [0.25, 0.3) is 0 Å². The molecule has 176 valence electrons.